The molecule has 70 valence electrons. The van der Waals surface area contributed by atoms with Crippen LogP contribution in [0.5, 0.6) is 0 Å². The second kappa shape index (κ2) is 3.83. The van der Waals surface area contributed by atoms with E-state index in [4.69, 9.17) is 0 Å². The Bertz CT molecular complexity index is 354. The highest BCUT2D eigenvalue weighted by molar-refractivity contribution is 9.10. The SMILES string of the molecule is COC(=O)c1nc(Br)c(C)cc1F. The predicted octanol–water partition coefficient (Wildman–Crippen LogP) is 2.08. The van der Waals surface area contributed by atoms with Gasteiger partial charge >= 0.3 is 5.97 Å². The van der Waals surface area contributed by atoms with Crippen LogP contribution in [0.25, 0.3) is 0 Å². The Labute approximate surface area is 83.1 Å². The Morgan fingerprint density at radius 1 is 1.69 bits per heavy atom. The van der Waals surface area contributed by atoms with E-state index in [0.29, 0.717) is 10.2 Å². The van der Waals surface area contributed by atoms with Crippen molar-refractivity contribution in [3.05, 3.63) is 27.7 Å². The lowest BCUT2D eigenvalue weighted by molar-refractivity contribution is 0.0588. The topological polar surface area (TPSA) is 39.2 Å². The number of nitrogens with zero attached hydrogens (tertiary/aromatic N) is 1. The van der Waals surface area contributed by atoms with E-state index >= 15 is 0 Å². The van der Waals surface area contributed by atoms with Gasteiger partial charge < -0.3 is 4.74 Å². The molecule has 13 heavy (non-hydrogen) atoms. The van der Waals surface area contributed by atoms with Gasteiger partial charge in [0.15, 0.2) is 11.5 Å². The molecule has 0 aliphatic carbocycles. The number of hydrogen-bond donors (Lipinski definition) is 0. The zero-order chi connectivity index (χ0) is 10.0. The predicted molar refractivity (Wildman–Crippen MR) is 48.0 cm³/mol. The van der Waals surface area contributed by atoms with Gasteiger partial charge in [0, 0.05) is 0 Å². The first-order chi connectivity index (χ1) is 6.06. The highest BCUT2D eigenvalue weighted by Gasteiger charge is 2.15. The molecule has 0 unspecified atom stereocenters. The summed E-state index contributed by atoms with van der Waals surface area (Å²) >= 11 is 3.09. The number of ether oxygens (including phenoxy) is 1. The van der Waals surface area contributed by atoms with Crippen LogP contribution in [-0.2, 0) is 4.74 Å². The number of methoxy groups -OCH3 is 1. The summed E-state index contributed by atoms with van der Waals surface area (Å²) in [5.41, 5.74) is 0.324. The van der Waals surface area contributed by atoms with Crippen molar-refractivity contribution < 1.29 is 13.9 Å². The normalized spacial score (nSPS) is 9.85. The minimum atomic E-state index is -0.779. The van der Waals surface area contributed by atoms with Gasteiger partial charge in [0.25, 0.3) is 0 Å². The molecular formula is C8H7BrFNO2. The molecule has 0 atom stereocenters. The van der Waals surface area contributed by atoms with Gasteiger partial charge in [0.1, 0.15) is 4.60 Å². The minimum Gasteiger partial charge on any atom is -0.464 e. The molecule has 0 saturated carbocycles. The number of hydrogen-bond acceptors (Lipinski definition) is 3. The average Bonchev–Trinajstić information content (AvgIpc) is 2.10. The molecule has 5 heteroatoms. The number of halogens is 2. The maximum Gasteiger partial charge on any atom is 0.359 e. The number of rotatable bonds is 1. The fraction of sp³-hybridized carbons (Fsp3) is 0.250. The third-order valence-corrected chi connectivity index (χ3v) is 2.29. The molecule has 1 aromatic rings. The summed E-state index contributed by atoms with van der Waals surface area (Å²) in [6, 6.07) is 1.23. The van der Waals surface area contributed by atoms with Crippen molar-refractivity contribution >= 4 is 21.9 Å². The van der Waals surface area contributed by atoms with Crippen LogP contribution in [0.1, 0.15) is 16.1 Å². The number of esters is 1. The zero-order valence-corrected chi connectivity index (χ0v) is 8.68. The first-order valence-electron chi connectivity index (χ1n) is 3.47. The van der Waals surface area contributed by atoms with E-state index in [1.807, 2.05) is 0 Å². The number of aryl methyl sites for hydroxylation is 1. The summed E-state index contributed by atoms with van der Waals surface area (Å²) < 4.78 is 17.9. The van der Waals surface area contributed by atoms with Gasteiger partial charge in [-0.05, 0) is 34.5 Å². The van der Waals surface area contributed by atoms with Gasteiger partial charge in [-0.15, -0.1) is 0 Å². The van der Waals surface area contributed by atoms with Gasteiger partial charge in [0.2, 0.25) is 0 Å². The van der Waals surface area contributed by atoms with Crippen LogP contribution >= 0.6 is 15.9 Å². The molecule has 0 bridgehead atoms. The van der Waals surface area contributed by atoms with E-state index in [2.05, 4.69) is 25.7 Å². The molecule has 1 heterocycles. The van der Waals surface area contributed by atoms with Gasteiger partial charge in [-0.1, -0.05) is 0 Å². The Balaban J connectivity index is 3.23. The lowest BCUT2D eigenvalue weighted by atomic mass is 10.2. The highest BCUT2D eigenvalue weighted by Crippen LogP contribution is 2.16. The van der Waals surface area contributed by atoms with E-state index in [9.17, 15) is 9.18 Å². The molecule has 0 fully saturated rings. The van der Waals surface area contributed by atoms with Crippen LogP contribution in [0, 0.1) is 12.7 Å². The molecule has 0 saturated heterocycles. The molecule has 1 rings (SSSR count). The summed E-state index contributed by atoms with van der Waals surface area (Å²) in [6.07, 6.45) is 0. The third kappa shape index (κ3) is 2.03. The molecule has 3 nitrogen and oxygen atoms in total. The van der Waals surface area contributed by atoms with Gasteiger partial charge in [-0.2, -0.15) is 0 Å². The minimum absolute atomic E-state index is 0.306. The average molecular weight is 248 g/mol. The summed E-state index contributed by atoms with van der Waals surface area (Å²) in [5, 5.41) is 0. The van der Waals surface area contributed by atoms with Crippen molar-refractivity contribution in [2.24, 2.45) is 0 Å². The fourth-order valence-electron chi connectivity index (χ4n) is 0.798. The Morgan fingerprint density at radius 3 is 2.85 bits per heavy atom. The van der Waals surface area contributed by atoms with Gasteiger partial charge in [-0.25, -0.2) is 14.2 Å². The molecule has 0 aromatic carbocycles. The van der Waals surface area contributed by atoms with Crippen LogP contribution in [-0.4, -0.2) is 18.1 Å². The molecule has 0 amide bonds. The number of carbonyl (C=O) groups excluding carboxylic acids is 1. The van der Waals surface area contributed by atoms with E-state index in [1.54, 1.807) is 6.92 Å². The fourth-order valence-corrected chi connectivity index (χ4v) is 1.09. The second-order valence-electron chi connectivity index (χ2n) is 2.42. The van der Waals surface area contributed by atoms with Crippen LogP contribution in [0.4, 0.5) is 4.39 Å². The number of aromatic nitrogens is 1. The first-order valence-corrected chi connectivity index (χ1v) is 4.26. The number of pyridine rings is 1. The van der Waals surface area contributed by atoms with E-state index < -0.39 is 11.8 Å². The molecule has 0 aliphatic heterocycles. The summed E-state index contributed by atoms with van der Waals surface area (Å²) in [7, 11) is 1.18. The first kappa shape index (κ1) is 10.1. The van der Waals surface area contributed by atoms with Crippen molar-refractivity contribution in [3.8, 4) is 0 Å². The van der Waals surface area contributed by atoms with Crippen LogP contribution in [0.2, 0.25) is 0 Å². The van der Waals surface area contributed by atoms with Crippen molar-refractivity contribution in [3.63, 3.8) is 0 Å². The Morgan fingerprint density at radius 2 is 2.31 bits per heavy atom. The largest absolute Gasteiger partial charge is 0.464 e. The second-order valence-corrected chi connectivity index (χ2v) is 3.17. The van der Waals surface area contributed by atoms with E-state index in [0.717, 1.165) is 0 Å². The molecule has 0 spiro atoms. The van der Waals surface area contributed by atoms with Crippen LogP contribution in [0.15, 0.2) is 10.7 Å². The maximum absolute atomic E-state index is 13.1. The van der Waals surface area contributed by atoms with Crippen molar-refractivity contribution in [1.29, 1.82) is 0 Å². The van der Waals surface area contributed by atoms with Gasteiger partial charge in [0.05, 0.1) is 7.11 Å². The van der Waals surface area contributed by atoms with Crippen molar-refractivity contribution in [2.45, 2.75) is 6.92 Å². The maximum atomic E-state index is 13.1. The van der Waals surface area contributed by atoms with E-state index in [1.165, 1.54) is 13.2 Å². The summed E-state index contributed by atoms with van der Waals surface area (Å²) in [5.74, 6) is -1.45. The number of carbonyl (C=O) groups is 1. The van der Waals surface area contributed by atoms with Crippen LogP contribution in [0.3, 0.4) is 0 Å². The van der Waals surface area contributed by atoms with Gasteiger partial charge in [-0.3, -0.25) is 0 Å². The molecule has 0 N–H and O–H groups in total. The molecular weight excluding hydrogens is 241 g/mol. The van der Waals surface area contributed by atoms with Crippen molar-refractivity contribution in [1.82, 2.24) is 4.98 Å². The summed E-state index contributed by atoms with van der Waals surface area (Å²) in [6.45, 7) is 1.68. The molecule has 0 aliphatic rings. The monoisotopic (exact) mass is 247 g/mol. The third-order valence-electron chi connectivity index (χ3n) is 1.48. The van der Waals surface area contributed by atoms with Crippen LogP contribution < -0.4 is 0 Å². The highest BCUT2D eigenvalue weighted by atomic mass is 79.9. The summed E-state index contributed by atoms with van der Waals surface area (Å²) in [4.78, 5) is 14.7. The Kier molecular flexibility index (Phi) is 2.98. The zero-order valence-electron chi connectivity index (χ0n) is 7.10. The smallest absolute Gasteiger partial charge is 0.359 e. The molecule has 0 radical (unpaired) electrons. The molecule has 1 aromatic heterocycles. The quantitative estimate of drug-likeness (QED) is 0.564. The lowest BCUT2D eigenvalue weighted by Gasteiger charge is -2.02. The van der Waals surface area contributed by atoms with Crippen molar-refractivity contribution in [2.75, 3.05) is 7.11 Å². The standard InChI is InChI=1S/C8H7BrFNO2/c1-4-3-5(10)6(8(12)13-2)11-7(4)9/h3H,1-2H3. The lowest BCUT2D eigenvalue weighted by Crippen LogP contribution is -2.08. The van der Waals surface area contributed by atoms with E-state index in [-0.39, 0.29) is 5.69 Å². The Hall–Kier alpha value is -0.970.